The average Bonchev–Trinajstić information content (AvgIpc) is 3.57. The summed E-state index contributed by atoms with van der Waals surface area (Å²) in [6.45, 7) is 7.16. The maximum atomic E-state index is 9.14. The Bertz CT molecular complexity index is 1310. The molecule has 0 unspecified atom stereocenters. The Morgan fingerprint density at radius 1 is 0.771 bits per heavy atom. The van der Waals surface area contributed by atoms with Gasteiger partial charge < -0.3 is 20.4 Å². The van der Waals surface area contributed by atoms with Crippen LogP contribution in [0.25, 0.3) is 11.1 Å². The predicted molar refractivity (Wildman–Crippen MR) is 212 cm³/mol. The lowest BCUT2D eigenvalue weighted by Crippen LogP contribution is -2.49. The third-order valence-corrected chi connectivity index (χ3v) is 12.5. The number of nitrogens with zero attached hydrogens (tertiary/aromatic N) is 4. The second-order valence-electron chi connectivity index (χ2n) is 15.8. The number of nitrogens with two attached hydrogens (primary N) is 1. The molecule has 2 heterocycles. The summed E-state index contributed by atoms with van der Waals surface area (Å²) in [5, 5.41) is 9.14. The van der Waals surface area contributed by atoms with Gasteiger partial charge in [0, 0.05) is 32.2 Å². The molecular formula is C40H62N6S2. The van der Waals surface area contributed by atoms with E-state index in [0.717, 1.165) is 81.7 Å². The molecule has 6 aliphatic rings. The van der Waals surface area contributed by atoms with Gasteiger partial charge in [-0.3, -0.25) is 10.4 Å². The lowest BCUT2D eigenvalue weighted by Gasteiger charge is -2.57. The van der Waals surface area contributed by atoms with Crippen LogP contribution in [-0.2, 0) is 6.42 Å². The maximum Gasteiger partial charge on any atom is 0.194 e. The highest BCUT2D eigenvalue weighted by molar-refractivity contribution is 7.59. The number of aliphatic imine (C=N–C) groups is 1. The highest BCUT2D eigenvalue weighted by Crippen LogP contribution is 2.61. The molecule has 8 rings (SSSR count). The Kier molecular flexibility index (Phi) is 12.8. The summed E-state index contributed by atoms with van der Waals surface area (Å²) in [5.74, 6) is 4.58. The van der Waals surface area contributed by atoms with Gasteiger partial charge in [0.1, 0.15) is 0 Å². The van der Waals surface area contributed by atoms with Crippen LogP contribution < -0.4 is 5.73 Å². The minimum absolute atomic E-state index is 0. The minimum Gasteiger partial charge on any atom is -0.370 e. The standard InChI is InChI=1S/C40H58N6.2H2S/c1-2-3-11-37-29-44(39(42)46(37)20-17-30-13-15-35(16-14-30)34-9-5-4-6-10-34)19-8-7-12-36-28-43-38(41)45(36)21-18-40-25-31-22-32(26-40)24-33(23-31)27-40;;/h4-6,9-10,13-16,31-33,36-37,42H,2-3,7-8,11-12,17-29H2,1H3,(H2,41,43);2*1H2/t31?,32?,33?,36-,37-,40?;;/m0../s1. The largest absolute Gasteiger partial charge is 0.370 e. The molecule has 2 aromatic carbocycles. The average molecular weight is 691 g/mol. The molecule has 1 saturated heterocycles. The number of hydrogen-bond acceptors (Lipinski definition) is 4. The van der Waals surface area contributed by atoms with Crippen molar-refractivity contribution < 1.29 is 0 Å². The number of benzene rings is 2. The Balaban J connectivity index is 0.00000225. The molecule has 0 amide bonds. The molecule has 0 radical (unpaired) electrons. The van der Waals surface area contributed by atoms with Gasteiger partial charge in [0.2, 0.25) is 0 Å². The number of nitrogens with one attached hydrogen (secondary N) is 1. The Morgan fingerprint density at radius 3 is 2.08 bits per heavy atom. The Hall–Kier alpha value is -2.32. The third-order valence-electron chi connectivity index (χ3n) is 12.5. The Labute approximate surface area is 304 Å². The van der Waals surface area contributed by atoms with Gasteiger partial charge >= 0.3 is 0 Å². The van der Waals surface area contributed by atoms with Gasteiger partial charge in [0.15, 0.2) is 11.9 Å². The van der Waals surface area contributed by atoms with Crippen molar-refractivity contribution in [2.24, 2.45) is 33.9 Å². The summed E-state index contributed by atoms with van der Waals surface area (Å²) < 4.78 is 0. The fraction of sp³-hybridized carbons (Fsp3) is 0.650. The highest BCUT2D eigenvalue weighted by atomic mass is 32.1. The fourth-order valence-corrected chi connectivity index (χ4v) is 10.5. The fourth-order valence-electron chi connectivity index (χ4n) is 10.5. The third kappa shape index (κ3) is 8.34. The van der Waals surface area contributed by atoms with Gasteiger partial charge in [-0.1, -0.05) is 74.4 Å². The summed E-state index contributed by atoms with van der Waals surface area (Å²) in [5.41, 5.74) is 11.0. The molecule has 4 aliphatic carbocycles. The molecule has 5 fully saturated rings. The molecule has 8 heteroatoms. The molecule has 4 bridgehead atoms. The van der Waals surface area contributed by atoms with E-state index in [1.54, 1.807) is 0 Å². The SMILES string of the molecule is CCCC[C@H]1CN(CCCC[C@H]2CN=C(N)N2CCC23CC4CC(CC(C4)C2)C3)C(=N)N1CCc1ccc(-c2ccccc2)cc1.S.S. The van der Waals surface area contributed by atoms with Crippen LogP contribution >= 0.6 is 27.0 Å². The molecule has 0 aromatic heterocycles. The van der Waals surface area contributed by atoms with Crippen molar-refractivity contribution in [2.45, 2.75) is 109 Å². The van der Waals surface area contributed by atoms with Crippen molar-refractivity contribution in [2.75, 3.05) is 32.7 Å². The molecule has 0 spiro atoms. The van der Waals surface area contributed by atoms with E-state index >= 15 is 0 Å². The summed E-state index contributed by atoms with van der Waals surface area (Å²) in [6, 6.07) is 20.6. The first kappa shape index (κ1) is 36.9. The van der Waals surface area contributed by atoms with Crippen molar-refractivity contribution in [3.63, 3.8) is 0 Å². The van der Waals surface area contributed by atoms with E-state index in [2.05, 4.69) is 76.2 Å². The molecule has 2 aliphatic heterocycles. The molecule has 6 nitrogen and oxygen atoms in total. The van der Waals surface area contributed by atoms with Crippen molar-refractivity contribution in [1.82, 2.24) is 14.7 Å². The van der Waals surface area contributed by atoms with E-state index in [9.17, 15) is 0 Å². The van der Waals surface area contributed by atoms with E-state index < -0.39 is 0 Å². The van der Waals surface area contributed by atoms with Crippen molar-refractivity contribution >= 4 is 38.9 Å². The van der Waals surface area contributed by atoms with Crippen LogP contribution in [-0.4, -0.2) is 71.4 Å². The molecule has 48 heavy (non-hydrogen) atoms. The normalized spacial score (nSPS) is 28.9. The van der Waals surface area contributed by atoms with Crippen LogP contribution in [0.1, 0.15) is 96.0 Å². The van der Waals surface area contributed by atoms with E-state index in [-0.39, 0.29) is 27.0 Å². The molecule has 264 valence electrons. The molecule has 4 saturated carbocycles. The lowest BCUT2D eigenvalue weighted by atomic mass is 9.49. The van der Waals surface area contributed by atoms with Crippen molar-refractivity contribution in [3.05, 3.63) is 60.2 Å². The maximum absolute atomic E-state index is 9.14. The van der Waals surface area contributed by atoms with Crippen LogP contribution in [0, 0.1) is 28.6 Å². The topological polar surface area (TPSA) is 72.0 Å². The minimum atomic E-state index is 0. The monoisotopic (exact) mass is 690 g/mol. The number of hydrogen-bond donors (Lipinski definition) is 2. The van der Waals surface area contributed by atoms with Crippen LogP contribution in [0.3, 0.4) is 0 Å². The smallest absolute Gasteiger partial charge is 0.194 e. The van der Waals surface area contributed by atoms with Gasteiger partial charge in [-0.25, -0.2) is 0 Å². The molecule has 2 atom stereocenters. The zero-order valence-electron chi connectivity index (χ0n) is 29.4. The first-order valence-corrected chi connectivity index (χ1v) is 18.8. The lowest BCUT2D eigenvalue weighted by molar-refractivity contribution is -0.0597. The number of unbranched alkanes of at least 4 members (excludes halogenated alkanes) is 2. The van der Waals surface area contributed by atoms with Crippen LogP contribution in [0.5, 0.6) is 0 Å². The van der Waals surface area contributed by atoms with Gasteiger partial charge in [-0.2, -0.15) is 27.0 Å². The summed E-state index contributed by atoms with van der Waals surface area (Å²) >= 11 is 0. The van der Waals surface area contributed by atoms with E-state index in [4.69, 9.17) is 16.1 Å². The van der Waals surface area contributed by atoms with Gasteiger partial charge in [-0.15, -0.1) is 0 Å². The summed E-state index contributed by atoms with van der Waals surface area (Å²) in [7, 11) is 0. The number of rotatable bonds is 15. The van der Waals surface area contributed by atoms with Crippen LogP contribution in [0.2, 0.25) is 0 Å². The first-order chi connectivity index (χ1) is 22.5. The second-order valence-corrected chi connectivity index (χ2v) is 15.8. The van der Waals surface area contributed by atoms with E-state index in [1.807, 2.05) is 0 Å². The van der Waals surface area contributed by atoms with Crippen molar-refractivity contribution in [3.8, 4) is 11.1 Å². The number of guanidine groups is 2. The predicted octanol–water partition coefficient (Wildman–Crippen LogP) is 8.01. The van der Waals surface area contributed by atoms with Gasteiger partial charge in [0.25, 0.3) is 0 Å². The zero-order valence-corrected chi connectivity index (χ0v) is 31.4. The Morgan fingerprint density at radius 2 is 1.42 bits per heavy atom. The van der Waals surface area contributed by atoms with E-state index in [0.29, 0.717) is 17.5 Å². The summed E-state index contributed by atoms with van der Waals surface area (Å²) in [4.78, 5) is 12.0. The molecule has 3 N–H and O–H groups in total. The summed E-state index contributed by atoms with van der Waals surface area (Å²) in [6.07, 6.45) is 18.4. The molecular weight excluding hydrogens is 629 g/mol. The van der Waals surface area contributed by atoms with Gasteiger partial charge in [-0.05, 0) is 117 Å². The quantitative estimate of drug-likeness (QED) is 0.186. The highest BCUT2D eigenvalue weighted by Gasteiger charge is 2.50. The van der Waals surface area contributed by atoms with Crippen molar-refractivity contribution in [1.29, 1.82) is 5.41 Å². The van der Waals surface area contributed by atoms with Crippen LogP contribution in [0.15, 0.2) is 59.6 Å². The molecule has 2 aromatic rings. The second kappa shape index (κ2) is 16.6. The first-order valence-electron chi connectivity index (χ1n) is 18.8. The van der Waals surface area contributed by atoms with E-state index in [1.165, 1.54) is 87.3 Å². The van der Waals surface area contributed by atoms with Gasteiger partial charge in [0.05, 0.1) is 12.6 Å². The zero-order chi connectivity index (χ0) is 31.5. The van der Waals surface area contributed by atoms with Crippen LogP contribution in [0.4, 0.5) is 0 Å².